The summed E-state index contributed by atoms with van der Waals surface area (Å²) >= 11 is 0. The fourth-order valence-corrected chi connectivity index (χ4v) is 7.07. The first-order chi connectivity index (χ1) is 37.0. The zero-order chi connectivity index (χ0) is 57.7. The molecule has 244 valence electrons. The Labute approximate surface area is 338 Å². The molecule has 2 heterocycles. The molecule has 52 heavy (non-hydrogen) atoms. The van der Waals surface area contributed by atoms with E-state index in [0.717, 1.165) is 23.1 Å². The molecule has 3 heteroatoms. The van der Waals surface area contributed by atoms with Crippen molar-refractivity contribution in [1.82, 2.24) is 0 Å². The predicted octanol–water partition coefficient (Wildman–Crippen LogP) is 13.3. The van der Waals surface area contributed by atoms with Crippen molar-refractivity contribution in [1.29, 1.82) is 0 Å². The Hall–Kier alpha value is -6.84. The van der Waals surface area contributed by atoms with Gasteiger partial charge in [-0.25, -0.2) is 0 Å². The van der Waals surface area contributed by atoms with Crippen LogP contribution in [0, 0.1) is 0 Å². The molecule has 0 aliphatic heterocycles. The van der Waals surface area contributed by atoms with Crippen LogP contribution in [0.1, 0.15) is 59.3 Å². The van der Waals surface area contributed by atoms with Crippen LogP contribution in [-0.2, 0) is 5.41 Å². The van der Waals surface area contributed by atoms with Gasteiger partial charge in [-0.1, -0.05) is 139 Å². The van der Waals surface area contributed by atoms with Crippen molar-refractivity contribution in [2.45, 2.75) is 5.41 Å². The largest absolute Gasteiger partial charge is 0.456 e. The van der Waals surface area contributed by atoms with Crippen molar-refractivity contribution in [2.24, 2.45) is 0 Å². The molecule has 0 fully saturated rings. The lowest BCUT2D eigenvalue weighted by atomic mass is 9.68. The number of nitrogens with zero attached hydrogens (tertiary/aromatic N) is 1. The molecule has 0 spiro atoms. The maximum absolute atomic E-state index is 9.94. The van der Waals surface area contributed by atoms with Gasteiger partial charge in [0.2, 0.25) is 0 Å². The monoisotopic (exact) mass is 692 g/mol. The third-order valence-electron chi connectivity index (χ3n) is 9.08. The topological polar surface area (TPSA) is 29.5 Å². The lowest BCUT2D eigenvalue weighted by Crippen LogP contribution is -2.28. The second kappa shape index (κ2) is 11.1. The minimum absolute atomic E-state index is 0.171. The number of fused-ring (bicyclic) bond motifs is 9. The van der Waals surface area contributed by atoms with Crippen molar-refractivity contribution in [2.75, 3.05) is 4.90 Å². The Bertz CT molecular complexity index is 4420. The van der Waals surface area contributed by atoms with Gasteiger partial charge in [0.05, 0.1) is 59.2 Å². The van der Waals surface area contributed by atoms with Crippen molar-refractivity contribution < 1.29 is 45.8 Å². The van der Waals surface area contributed by atoms with Gasteiger partial charge < -0.3 is 13.7 Å². The minimum Gasteiger partial charge on any atom is -0.456 e. The zero-order valence-corrected chi connectivity index (χ0v) is 26.1. The molecule has 0 amide bonds. The van der Waals surface area contributed by atoms with Crippen LogP contribution < -0.4 is 4.90 Å². The minimum atomic E-state index is -3.20. The lowest BCUT2D eigenvalue weighted by Gasteiger charge is -2.34. The van der Waals surface area contributed by atoms with Crippen LogP contribution in [0.4, 0.5) is 17.1 Å². The van der Waals surface area contributed by atoms with Gasteiger partial charge in [0.25, 0.3) is 0 Å². The number of benzene rings is 8. The zero-order valence-electron chi connectivity index (χ0n) is 53.1. The van der Waals surface area contributed by atoms with Crippen LogP contribution >= 0.6 is 0 Å². The summed E-state index contributed by atoms with van der Waals surface area (Å²) in [5.74, 6) is 0. The van der Waals surface area contributed by atoms with Crippen LogP contribution in [0.3, 0.4) is 0 Å². The van der Waals surface area contributed by atoms with E-state index in [2.05, 4.69) is 0 Å². The average Bonchev–Trinajstić information content (AvgIpc) is 1.93. The normalized spacial score (nSPS) is 20.4. The third kappa shape index (κ3) is 3.96. The van der Waals surface area contributed by atoms with E-state index in [9.17, 15) is 15.1 Å². The molecular formula is C49H31NO2. The van der Waals surface area contributed by atoms with Crippen molar-refractivity contribution >= 4 is 60.9 Å². The molecule has 1 aliphatic carbocycles. The smallest absolute Gasteiger partial charge is 0.137 e. The summed E-state index contributed by atoms with van der Waals surface area (Å²) in [4.78, 5) is 1.07. The molecule has 8 aromatic carbocycles. The van der Waals surface area contributed by atoms with Crippen LogP contribution in [0.5, 0.6) is 0 Å². The van der Waals surface area contributed by atoms with Crippen molar-refractivity contribution in [3.63, 3.8) is 0 Å². The molecule has 0 saturated carbocycles. The van der Waals surface area contributed by atoms with E-state index >= 15 is 0 Å². The third-order valence-corrected chi connectivity index (χ3v) is 9.08. The van der Waals surface area contributed by atoms with E-state index in [1.54, 1.807) is 0 Å². The quantitative estimate of drug-likeness (QED) is 0.180. The average molecular weight is 693 g/mol. The van der Waals surface area contributed by atoms with E-state index in [4.69, 9.17) is 30.8 Å². The van der Waals surface area contributed by atoms with Crippen LogP contribution in [0.2, 0.25) is 0 Å². The number of hydrogen-bond acceptors (Lipinski definition) is 3. The van der Waals surface area contributed by atoms with Gasteiger partial charge in [0, 0.05) is 33.5 Å². The summed E-state index contributed by atoms with van der Waals surface area (Å²) in [5.41, 5.74) is -11.2. The number of para-hydroxylation sites is 2. The number of anilines is 3. The molecule has 0 unspecified atom stereocenters. The molecule has 0 N–H and O–H groups in total. The predicted molar refractivity (Wildman–Crippen MR) is 213 cm³/mol. The van der Waals surface area contributed by atoms with E-state index in [1.807, 2.05) is 0 Å². The summed E-state index contributed by atoms with van der Waals surface area (Å²) in [7, 11) is 0. The van der Waals surface area contributed by atoms with E-state index in [-0.39, 0.29) is 27.4 Å². The maximum Gasteiger partial charge on any atom is 0.137 e. The van der Waals surface area contributed by atoms with Gasteiger partial charge in [0.15, 0.2) is 0 Å². The van der Waals surface area contributed by atoms with Gasteiger partial charge >= 0.3 is 0 Å². The fourth-order valence-electron chi connectivity index (χ4n) is 7.07. The highest BCUT2D eigenvalue weighted by atomic mass is 16.3. The van der Waals surface area contributed by atoms with E-state index in [1.165, 1.54) is 6.07 Å². The lowest BCUT2D eigenvalue weighted by molar-refractivity contribution is 0.669. The molecule has 0 atom stereocenters. The van der Waals surface area contributed by atoms with Crippen LogP contribution in [0.25, 0.3) is 55.0 Å². The molecule has 1 aliphatic rings. The van der Waals surface area contributed by atoms with Gasteiger partial charge in [0.1, 0.15) is 22.3 Å². The highest BCUT2D eigenvalue weighted by molar-refractivity contribution is 6.15. The highest BCUT2D eigenvalue weighted by Gasteiger charge is 2.47. The van der Waals surface area contributed by atoms with Crippen LogP contribution in [-0.4, -0.2) is 0 Å². The van der Waals surface area contributed by atoms with Crippen LogP contribution in [0.15, 0.2) is 196 Å². The first kappa shape index (κ1) is 13.0. The number of rotatable bonds is 5. The maximum atomic E-state index is 9.94. The second-order valence-electron chi connectivity index (χ2n) is 11.6. The molecule has 3 nitrogen and oxygen atoms in total. The Kier molecular flexibility index (Phi) is 2.78. The molecular weight excluding hydrogens is 635 g/mol. The van der Waals surface area contributed by atoms with Gasteiger partial charge in [-0.3, -0.25) is 0 Å². The number of furan rings is 2. The SMILES string of the molecule is [2H]c1cc(N(c2cc([2H])c3c(c2)oc2c([2H])c([2H])c([2H])c([2H])c23)c2cc([2H])c([2H])c3oc4c([2H])c([2H])c([2H])c([2H])c4c23)c2c(c1[2H])C(c1c([2H])c([2H])c([2H])c([2H])c1[2H])(c1c([2H])c([2H])c([2H])c([2H])c1[2H])c1c([2H])c([2H])c([2H])c([2H])c1-2. The number of hydrogen-bond donors (Lipinski definition) is 0. The molecule has 11 rings (SSSR count). The summed E-state index contributed by atoms with van der Waals surface area (Å²) in [6.07, 6.45) is 0. The van der Waals surface area contributed by atoms with E-state index in [0.29, 0.717) is 0 Å². The molecule has 0 radical (unpaired) electrons. The Morgan fingerprint density at radius 1 is 0.442 bits per heavy atom. The summed E-state index contributed by atoms with van der Waals surface area (Å²) in [6, 6.07) is -20.0. The summed E-state index contributed by atoms with van der Waals surface area (Å²) in [6.45, 7) is 0. The second-order valence-corrected chi connectivity index (χ2v) is 11.6. The summed E-state index contributed by atoms with van der Waals surface area (Å²) in [5, 5.41) is -1.15. The first-order valence-electron chi connectivity index (χ1n) is 29.0. The Morgan fingerprint density at radius 2 is 1.00 bits per heavy atom. The highest BCUT2D eigenvalue weighted by Crippen LogP contribution is 2.60. The Morgan fingerprint density at radius 3 is 1.79 bits per heavy atom. The summed E-state index contributed by atoms with van der Waals surface area (Å²) < 4.78 is 258. The van der Waals surface area contributed by atoms with Crippen molar-refractivity contribution in [3.8, 4) is 11.1 Å². The van der Waals surface area contributed by atoms with Gasteiger partial charge in [-0.15, -0.1) is 0 Å². The van der Waals surface area contributed by atoms with Gasteiger partial charge in [-0.05, 0) is 70.2 Å². The van der Waals surface area contributed by atoms with Gasteiger partial charge in [-0.2, -0.15) is 0 Å². The molecule has 10 aromatic rings. The van der Waals surface area contributed by atoms with Crippen molar-refractivity contribution in [3.05, 3.63) is 210 Å². The fraction of sp³-hybridized carbons (Fsp3) is 0.0204. The van der Waals surface area contributed by atoms with E-state index < -0.39 is 235 Å². The standard InChI is InChI=1S/C49H31NO2/c1-3-15-32(16-4-1)49(33-17-5-2-6-18-33)39-22-10-7-20-37(39)47-40(49)23-13-24-41(47)50(34-29-30-36-35-19-8-11-26-43(35)52-46(36)31-34)42-25-14-28-45-48(42)38-21-9-12-27-44(38)51-45/h1-31H/i1D,2D,3D,4D,5D,6D,7D,8D,9D,10D,11D,12D,13D,14D,15D,16D,17D,18D,19D,20D,21D,22D,23D,26D,27D,28D,30D. The first-order valence-corrected chi connectivity index (χ1v) is 15.5. The molecule has 0 bridgehead atoms. The molecule has 2 aromatic heterocycles. The Balaban J connectivity index is 1.46. The molecule has 0 saturated heterocycles.